The molecular weight excluding hydrogens is 212 g/mol. The number of nitrogens with zero attached hydrogens (tertiary/aromatic N) is 1. The summed E-state index contributed by atoms with van der Waals surface area (Å²) in [6.45, 7) is 15.1. The van der Waals surface area contributed by atoms with Gasteiger partial charge in [0.15, 0.2) is 0 Å². The molecule has 0 bridgehead atoms. The first kappa shape index (κ1) is 22.1. The fraction of sp³-hybridized carbons (Fsp3) is 1.00. The first-order valence-corrected chi connectivity index (χ1v) is 7.11. The molecule has 1 atom stereocenters. The van der Waals surface area contributed by atoms with Crippen LogP contribution in [-0.4, -0.2) is 51.3 Å². The monoisotopic (exact) mass is 248 g/mol. The zero-order valence-electron chi connectivity index (χ0n) is 13.7. The number of ether oxygens (including phenoxy) is 1. The second kappa shape index (κ2) is 15.9. The van der Waals surface area contributed by atoms with Crippen molar-refractivity contribution >= 4 is 0 Å². The van der Waals surface area contributed by atoms with E-state index in [4.69, 9.17) is 4.74 Å². The molecule has 0 aliphatic carbocycles. The van der Waals surface area contributed by atoms with Crippen LogP contribution in [0.15, 0.2) is 0 Å². The zero-order valence-corrected chi connectivity index (χ0v) is 13.7. The zero-order chi connectivity index (χ0) is 14.3. The summed E-state index contributed by atoms with van der Waals surface area (Å²) in [6.07, 6.45) is 1.14. The van der Waals surface area contributed by atoms with Crippen LogP contribution in [0.4, 0.5) is 0 Å². The molecule has 0 aromatic rings. The number of methoxy groups -OCH3 is 1. The Morgan fingerprint density at radius 1 is 1.12 bits per heavy atom. The minimum atomic E-state index is 0.0729. The molecule has 0 amide bonds. The lowest BCUT2D eigenvalue weighted by atomic mass is 10.0. The van der Waals surface area contributed by atoms with Crippen LogP contribution in [0.25, 0.3) is 0 Å². The van der Waals surface area contributed by atoms with Crippen molar-refractivity contribution in [3.8, 4) is 0 Å². The van der Waals surface area contributed by atoms with E-state index in [1.165, 1.54) is 0 Å². The Kier molecular flexibility index (Phi) is 20.6. The average molecular weight is 248 g/mol. The minimum absolute atomic E-state index is 0.0729. The van der Waals surface area contributed by atoms with Gasteiger partial charge in [-0.25, -0.2) is 0 Å². The maximum Gasteiger partial charge on any atom is 0.0940 e. The maximum absolute atomic E-state index is 5.51. The molecule has 1 heterocycles. The fourth-order valence-electron chi connectivity index (χ4n) is 1.75. The molecule has 1 saturated heterocycles. The number of hydrogen-bond acceptors (Lipinski definition) is 3. The molecule has 17 heavy (non-hydrogen) atoms. The third kappa shape index (κ3) is 9.57. The molecular formula is C14H36N2O. The molecule has 1 aliphatic heterocycles. The first-order chi connectivity index (χ1) is 8.22. The van der Waals surface area contributed by atoms with Crippen molar-refractivity contribution in [2.24, 2.45) is 0 Å². The van der Waals surface area contributed by atoms with E-state index in [2.05, 4.69) is 17.3 Å². The number of hydrogen-bond donors (Lipinski definition) is 1. The quantitative estimate of drug-likeness (QED) is 0.831. The van der Waals surface area contributed by atoms with E-state index in [1.54, 1.807) is 7.11 Å². The van der Waals surface area contributed by atoms with Crippen LogP contribution in [0.2, 0.25) is 0 Å². The Morgan fingerprint density at radius 3 is 1.82 bits per heavy atom. The molecule has 0 aromatic heterocycles. The van der Waals surface area contributed by atoms with Gasteiger partial charge in [-0.2, -0.15) is 0 Å². The summed E-state index contributed by atoms with van der Waals surface area (Å²) in [4.78, 5) is 2.31. The van der Waals surface area contributed by atoms with E-state index >= 15 is 0 Å². The molecule has 0 saturated carbocycles. The highest BCUT2D eigenvalue weighted by Gasteiger charge is 2.35. The van der Waals surface area contributed by atoms with Crippen molar-refractivity contribution in [1.29, 1.82) is 0 Å². The lowest BCUT2D eigenvalue weighted by Crippen LogP contribution is -2.43. The van der Waals surface area contributed by atoms with E-state index in [0.717, 1.165) is 26.1 Å². The van der Waals surface area contributed by atoms with Crippen molar-refractivity contribution in [3.63, 3.8) is 0 Å². The van der Waals surface area contributed by atoms with Crippen LogP contribution < -0.4 is 5.32 Å². The van der Waals surface area contributed by atoms with Gasteiger partial charge in [0.25, 0.3) is 0 Å². The third-order valence-corrected chi connectivity index (χ3v) is 2.44. The molecule has 1 unspecified atom stereocenters. The Balaban J connectivity index is -0.000000285. The number of likely N-dealkylation sites (N-methyl/N-ethyl adjacent to an activating group) is 2. The Bertz CT molecular complexity index is 127. The molecule has 0 spiro atoms. The van der Waals surface area contributed by atoms with Crippen LogP contribution >= 0.6 is 0 Å². The van der Waals surface area contributed by atoms with Gasteiger partial charge in [0.1, 0.15) is 0 Å². The lowest BCUT2D eigenvalue weighted by Gasteiger charge is -2.26. The number of nitrogens with one attached hydrogen (secondary N) is 1. The summed E-state index contributed by atoms with van der Waals surface area (Å²) >= 11 is 0. The molecule has 3 nitrogen and oxygen atoms in total. The van der Waals surface area contributed by atoms with Gasteiger partial charge in [0.2, 0.25) is 0 Å². The van der Waals surface area contributed by atoms with Crippen molar-refractivity contribution in [2.75, 3.05) is 40.8 Å². The van der Waals surface area contributed by atoms with E-state index in [1.807, 2.05) is 48.6 Å². The van der Waals surface area contributed by atoms with Gasteiger partial charge in [-0.1, -0.05) is 41.5 Å². The van der Waals surface area contributed by atoms with Gasteiger partial charge >= 0.3 is 0 Å². The lowest BCUT2D eigenvalue weighted by molar-refractivity contribution is 0.00259. The van der Waals surface area contributed by atoms with Gasteiger partial charge in [-0.15, -0.1) is 0 Å². The molecule has 1 fully saturated rings. The standard InChI is InChI=1S/C8H18N2O.3C2H6/c1-9-6-8(11-3)4-5-10(2)7-8;3*1-2/h9H,4-7H2,1-3H3;3*1-2H3. The van der Waals surface area contributed by atoms with Crippen LogP contribution in [-0.2, 0) is 4.74 Å². The highest BCUT2D eigenvalue weighted by molar-refractivity contribution is 4.91. The van der Waals surface area contributed by atoms with Gasteiger partial charge in [0.05, 0.1) is 5.60 Å². The SMILES string of the molecule is CC.CC.CC.CNCC1(OC)CCN(C)C1. The normalized spacial score (nSPS) is 22.4. The summed E-state index contributed by atoms with van der Waals surface area (Å²) in [6, 6.07) is 0. The molecule has 0 aromatic carbocycles. The second-order valence-corrected chi connectivity index (χ2v) is 3.41. The van der Waals surface area contributed by atoms with E-state index in [9.17, 15) is 0 Å². The van der Waals surface area contributed by atoms with E-state index in [0.29, 0.717) is 0 Å². The van der Waals surface area contributed by atoms with Crippen molar-refractivity contribution in [2.45, 2.75) is 53.6 Å². The molecule has 108 valence electrons. The molecule has 0 radical (unpaired) electrons. The Hall–Kier alpha value is -0.120. The Labute approximate surface area is 110 Å². The molecule has 3 heteroatoms. The third-order valence-electron chi connectivity index (χ3n) is 2.44. The van der Waals surface area contributed by atoms with Gasteiger partial charge in [-0.05, 0) is 20.5 Å². The van der Waals surface area contributed by atoms with Crippen LogP contribution in [0, 0.1) is 0 Å². The number of likely N-dealkylation sites (tertiary alicyclic amines) is 1. The predicted molar refractivity (Wildman–Crippen MR) is 79.8 cm³/mol. The van der Waals surface area contributed by atoms with Crippen molar-refractivity contribution in [1.82, 2.24) is 10.2 Å². The van der Waals surface area contributed by atoms with Crippen molar-refractivity contribution in [3.05, 3.63) is 0 Å². The van der Waals surface area contributed by atoms with Crippen LogP contribution in [0.3, 0.4) is 0 Å². The molecule has 1 rings (SSSR count). The molecule has 1 aliphatic rings. The minimum Gasteiger partial charge on any atom is -0.376 e. The summed E-state index contributed by atoms with van der Waals surface area (Å²) in [5.41, 5.74) is 0.0729. The number of rotatable bonds is 3. The molecule has 1 N–H and O–H groups in total. The van der Waals surface area contributed by atoms with Gasteiger partial charge in [-0.3, -0.25) is 0 Å². The first-order valence-electron chi connectivity index (χ1n) is 7.11. The van der Waals surface area contributed by atoms with Crippen LogP contribution in [0.1, 0.15) is 48.0 Å². The van der Waals surface area contributed by atoms with Gasteiger partial charge < -0.3 is 15.0 Å². The average Bonchev–Trinajstić information content (AvgIpc) is 2.79. The fourth-order valence-corrected chi connectivity index (χ4v) is 1.75. The van der Waals surface area contributed by atoms with Crippen LogP contribution in [0.5, 0.6) is 0 Å². The predicted octanol–water partition coefficient (Wildman–Crippen LogP) is 3.01. The largest absolute Gasteiger partial charge is 0.376 e. The Morgan fingerprint density at radius 2 is 1.59 bits per heavy atom. The highest BCUT2D eigenvalue weighted by atomic mass is 16.5. The summed E-state index contributed by atoms with van der Waals surface area (Å²) < 4.78 is 5.51. The van der Waals surface area contributed by atoms with Crippen molar-refractivity contribution < 1.29 is 4.74 Å². The van der Waals surface area contributed by atoms with E-state index < -0.39 is 0 Å². The summed E-state index contributed by atoms with van der Waals surface area (Å²) in [5.74, 6) is 0. The smallest absolute Gasteiger partial charge is 0.0940 e. The summed E-state index contributed by atoms with van der Waals surface area (Å²) in [7, 11) is 5.91. The topological polar surface area (TPSA) is 24.5 Å². The van der Waals surface area contributed by atoms with E-state index in [-0.39, 0.29) is 5.60 Å². The summed E-state index contributed by atoms with van der Waals surface area (Å²) in [5, 5.41) is 3.17. The maximum atomic E-state index is 5.51. The highest BCUT2D eigenvalue weighted by Crippen LogP contribution is 2.22. The second-order valence-electron chi connectivity index (χ2n) is 3.41. The van der Waals surface area contributed by atoms with Gasteiger partial charge in [0, 0.05) is 26.7 Å².